The van der Waals surface area contributed by atoms with Crippen molar-refractivity contribution >= 4 is 11.9 Å². The van der Waals surface area contributed by atoms with Crippen molar-refractivity contribution in [3.8, 4) is 11.5 Å². The number of benzene rings is 1. The third-order valence-electron chi connectivity index (χ3n) is 7.80. The molecule has 0 saturated carbocycles. The van der Waals surface area contributed by atoms with Gasteiger partial charge >= 0.3 is 5.97 Å². The molecular formula is C24H30N2O7. The van der Waals surface area contributed by atoms with Gasteiger partial charge in [-0.1, -0.05) is 6.07 Å². The molecule has 2 bridgehead atoms. The summed E-state index contributed by atoms with van der Waals surface area (Å²) in [5.41, 5.74) is 0.315. The summed E-state index contributed by atoms with van der Waals surface area (Å²) >= 11 is 0. The number of esters is 1. The predicted molar refractivity (Wildman–Crippen MR) is 117 cm³/mol. The van der Waals surface area contributed by atoms with Crippen molar-refractivity contribution in [3.05, 3.63) is 35.1 Å². The highest BCUT2D eigenvalue weighted by molar-refractivity contribution is 5.80. The monoisotopic (exact) mass is 458 g/mol. The van der Waals surface area contributed by atoms with Crippen LogP contribution in [0.4, 0.5) is 0 Å². The first kappa shape index (κ1) is 22.2. The maximum atomic E-state index is 12.6. The van der Waals surface area contributed by atoms with Crippen molar-refractivity contribution in [2.75, 3.05) is 27.2 Å². The van der Waals surface area contributed by atoms with Crippen LogP contribution in [0.25, 0.3) is 0 Å². The molecule has 1 fully saturated rings. The van der Waals surface area contributed by atoms with E-state index in [1.54, 1.807) is 13.2 Å². The summed E-state index contributed by atoms with van der Waals surface area (Å²) in [6, 6.07) is 3.86. The predicted octanol–water partition coefficient (Wildman–Crippen LogP) is 0.403. The first-order valence-corrected chi connectivity index (χ1v) is 11.4. The van der Waals surface area contributed by atoms with Gasteiger partial charge in [-0.3, -0.25) is 9.59 Å². The molecule has 1 aromatic carbocycles. The fourth-order valence-electron chi connectivity index (χ4n) is 6.21. The number of methoxy groups -OCH3 is 1. The van der Waals surface area contributed by atoms with Crippen LogP contribution in [0.5, 0.6) is 11.5 Å². The second kappa shape index (κ2) is 7.72. The topological polar surface area (TPSA) is 118 Å². The van der Waals surface area contributed by atoms with Crippen LogP contribution in [0.2, 0.25) is 0 Å². The van der Waals surface area contributed by atoms with Gasteiger partial charge in [-0.25, -0.2) is 0 Å². The molecule has 0 aromatic heterocycles. The molecule has 1 amide bonds. The molecule has 1 saturated heterocycles. The number of hydrogen-bond acceptors (Lipinski definition) is 8. The summed E-state index contributed by atoms with van der Waals surface area (Å²) in [4.78, 5) is 26.3. The minimum Gasteiger partial charge on any atom is -0.493 e. The zero-order valence-corrected chi connectivity index (χ0v) is 19.1. The SMILES string of the molecule is COc1ccc2c3c1O[C@H]1C(OC(=O)CCNC(=O)[C@H](C)O)=CC[C@@]4(O)[C@H](C2)N(C)CC[C@]314. The normalized spacial score (nSPS) is 32.2. The number of likely N-dealkylation sites (N-methyl/N-ethyl adjacent to an activating group) is 1. The number of nitrogens with one attached hydrogen (secondary N) is 1. The summed E-state index contributed by atoms with van der Waals surface area (Å²) < 4.78 is 17.7. The lowest BCUT2D eigenvalue weighted by atomic mass is 9.50. The van der Waals surface area contributed by atoms with E-state index in [2.05, 4.69) is 10.2 Å². The molecular weight excluding hydrogens is 428 g/mol. The zero-order valence-electron chi connectivity index (χ0n) is 19.1. The summed E-state index contributed by atoms with van der Waals surface area (Å²) in [5.74, 6) is 0.553. The maximum absolute atomic E-state index is 12.6. The Balaban J connectivity index is 1.47. The van der Waals surface area contributed by atoms with Crippen LogP contribution < -0.4 is 14.8 Å². The number of piperidine rings is 1. The number of carbonyl (C=O) groups excluding carboxylic acids is 2. The number of carbonyl (C=O) groups is 2. The van der Waals surface area contributed by atoms with E-state index in [9.17, 15) is 19.8 Å². The Hall–Kier alpha value is -2.62. The lowest BCUT2D eigenvalue weighted by molar-refractivity contribution is -0.169. The van der Waals surface area contributed by atoms with E-state index >= 15 is 0 Å². The van der Waals surface area contributed by atoms with E-state index in [4.69, 9.17) is 14.2 Å². The van der Waals surface area contributed by atoms with Crippen molar-refractivity contribution in [2.24, 2.45) is 0 Å². The van der Waals surface area contributed by atoms with Gasteiger partial charge < -0.3 is 34.6 Å². The highest BCUT2D eigenvalue weighted by Crippen LogP contribution is 2.65. The van der Waals surface area contributed by atoms with Gasteiger partial charge in [0.25, 0.3) is 0 Å². The maximum Gasteiger partial charge on any atom is 0.312 e. The second-order valence-corrected chi connectivity index (χ2v) is 9.48. The van der Waals surface area contributed by atoms with Crippen LogP contribution in [0, 0.1) is 0 Å². The minimum absolute atomic E-state index is 0.0489. The molecule has 9 heteroatoms. The lowest BCUT2D eigenvalue weighted by Crippen LogP contribution is -2.74. The molecule has 4 aliphatic rings. The van der Waals surface area contributed by atoms with Crippen molar-refractivity contribution in [3.63, 3.8) is 0 Å². The lowest BCUT2D eigenvalue weighted by Gasteiger charge is -2.61. The molecule has 2 aliphatic carbocycles. The molecule has 1 spiro atoms. The minimum atomic E-state index is -1.14. The van der Waals surface area contributed by atoms with Crippen LogP contribution in [0.3, 0.4) is 0 Å². The summed E-state index contributed by atoms with van der Waals surface area (Å²) in [6.07, 6.45) is 1.65. The molecule has 2 aliphatic heterocycles. The number of hydrogen-bond donors (Lipinski definition) is 3. The van der Waals surface area contributed by atoms with E-state index in [0.717, 1.165) is 17.7 Å². The Morgan fingerprint density at radius 2 is 2.18 bits per heavy atom. The van der Waals surface area contributed by atoms with Crippen LogP contribution in [-0.2, 0) is 26.2 Å². The molecule has 5 rings (SSSR count). The smallest absolute Gasteiger partial charge is 0.312 e. The molecule has 178 valence electrons. The highest BCUT2D eigenvalue weighted by atomic mass is 16.6. The Bertz CT molecular complexity index is 1040. The number of likely N-dealkylation sites (tertiary alicyclic amines) is 1. The molecule has 9 nitrogen and oxygen atoms in total. The average molecular weight is 459 g/mol. The summed E-state index contributed by atoms with van der Waals surface area (Å²) in [6.45, 7) is 2.20. The van der Waals surface area contributed by atoms with Gasteiger partial charge in [0.15, 0.2) is 17.6 Å². The fraction of sp³-hybridized carbons (Fsp3) is 0.583. The Kier molecular flexibility index (Phi) is 5.19. The Morgan fingerprint density at radius 1 is 1.39 bits per heavy atom. The largest absolute Gasteiger partial charge is 0.493 e. The van der Waals surface area contributed by atoms with E-state index in [0.29, 0.717) is 36.5 Å². The Morgan fingerprint density at radius 3 is 2.91 bits per heavy atom. The highest BCUT2D eigenvalue weighted by Gasteiger charge is 2.72. The number of nitrogens with zero attached hydrogens (tertiary/aromatic N) is 1. The van der Waals surface area contributed by atoms with Gasteiger partial charge in [-0.15, -0.1) is 0 Å². The van der Waals surface area contributed by atoms with E-state index < -0.39 is 35.1 Å². The van der Waals surface area contributed by atoms with Gasteiger partial charge in [0.05, 0.1) is 24.5 Å². The van der Waals surface area contributed by atoms with Gasteiger partial charge in [-0.05, 0) is 51.1 Å². The van der Waals surface area contributed by atoms with E-state index in [1.165, 1.54) is 6.92 Å². The standard InChI is InChI=1S/C24H30N2O7/c1-13(27)22(29)25-10-7-18(28)32-16-6-8-24(30)17-12-14-4-5-15(31-3)20-19(14)23(24,21(16)33-20)9-11-26(17)2/h4-6,13,17,21,27,30H,7-12H2,1-3H3,(H,25,29)/t13-,17-,21-,23-,24+/m0/s1. The van der Waals surface area contributed by atoms with Crippen molar-refractivity contribution in [1.29, 1.82) is 0 Å². The summed E-state index contributed by atoms with van der Waals surface area (Å²) in [7, 11) is 3.63. The van der Waals surface area contributed by atoms with Gasteiger partial charge in [0, 0.05) is 24.6 Å². The van der Waals surface area contributed by atoms with Gasteiger partial charge in [0.2, 0.25) is 5.91 Å². The van der Waals surface area contributed by atoms with E-state index in [1.807, 2.05) is 19.2 Å². The van der Waals surface area contributed by atoms with E-state index in [-0.39, 0.29) is 19.0 Å². The third-order valence-corrected chi connectivity index (χ3v) is 7.80. The van der Waals surface area contributed by atoms with Crippen LogP contribution in [-0.4, -0.2) is 78.1 Å². The second-order valence-electron chi connectivity index (χ2n) is 9.48. The number of aliphatic hydroxyl groups is 2. The molecule has 3 N–H and O–H groups in total. The quantitative estimate of drug-likeness (QED) is 0.525. The molecule has 2 heterocycles. The number of aliphatic hydroxyl groups excluding tert-OH is 1. The molecule has 0 unspecified atom stereocenters. The van der Waals surface area contributed by atoms with Crippen molar-refractivity contribution < 1.29 is 34.0 Å². The van der Waals surface area contributed by atoms with Crippen molar-refractivity contribution in [1.82, 2.24) is 10.2 Å². The first-order chi connectivity index (χ1) is 15.7. The number of amides is 1. The average Bonchev–Trinajstić information content (AvgIpc) is 3.13. The van der Waals surface area contributed by atoms with Gasteiger partial charge in [0.1, 0.15) is 11.9 Å². The molecule has 33 heavy (non-hydrogen) atoms. The molecule has 5 atom stereocenters. The van der Waals surface area contributed by atoms with Gasteiger partial charge in [-0.2, -0.15) is 0 Å². The third kappa shape index (κ3) is 3.02. The van der Waals surface area contributed by atoms with Crippen molar-refractivity contribution in [2.45, 2.75) is 61.9 Å². The zero-order chi connectivity index (χ0) is 23.5. The fourth-order valence-corrected chi connectivity index (χ4v) is 6.21. The summed E-state index contributed by atoms with van der Waals surface area (Å²) in [5, 5.41) is 23.9. The van der Waals surface area contributed by atoms with Crippen LogP contribution in [0.15, 0.2) is 24.0 Å². The number of rotatable bonds is 6. The first-order valence-electron chi connectivity index (χ1n) is 11.4. The Labute approximate surface area is 192 Å². The number of ether oxygens (including phenoxy) is 3. The van der Waals surface area contributed by atoms with Crippen LogP contribution >= 0.6 is 0 Å². The molecule has 1 aromatic rings. The van der Waals surface area contributed by atoms with Crippen LogP contribution in [0.1, 0.15) is 37.3 Å². The molecule has 0 radical (unpaired) electrons.